The first-order valence-electron chi connectivity index (χ1n) is 4.73. The lowest BCUT2D eigenvalue weighted by molar-refractivity contribution is -0.124. The van der Waals surface area contributed by atoms with Crippen molar-refractivity contribution in [2.75, 3.05) is 19.8 Å². The van der Waals surface area contributed by atoms with Crippen molar-refractivity contribution in [3.63, 3.8) is 0 Å². The van der Waals surface area contributed by atoms with Gasteiger partial charge in [-0.05, 0) is 11.6 Å². The summed E-state index contributed by atoms with van der Waals surface area (Å²) in [6.45, 7) is 0.710. The number of hydrogen-bond acceptors (Lipinski definition) is 3. The second kappa shape index (κ2) is 4.88. The SMILES string of the molecule is O=C1COCC(c2ccccc2Br)OC1. The molecule has 0 aliphatic carbocycles. The van der Waals surface area contributed by atoms with Crippen LogP contribution in [0.15, 0.2) is 28.7 Å². The topological polar surface area (TPSA) is 35.5 Å². The summed E-state index contributed by atoms with van der Waals surface area (Å²) in [5, 5.41) is 0. The van der Waals surface area contributed by atoms with E-state index in [9.17, 15) is 4.79 Å². The Kier molecular flexibility index (Phi) is 3.51. The van der Waals surface area contributed by atoms with E-state index in [0.29, 0.717) is 6.61 Å². The summed E-state index contributed by atoms with van der Waals surface area (Å²) in [4.78, 5) is 11.1. The van der Waals surface area contributed by atoms with Crippen LogP contribution in [0.25, 0.3) is 0 Å². The van der Waals surface area contributed by atoms with Crippen LogP contribution in [0, 0.1) is 0 Å². The number of carbonyl (C=O) groups is 1. The summed E-state index contributed by atoms with van der Waals surface area (Å²) in [7, 11) is 0. The lowest BCUT2D eigenvalue weighted by Gasteiger charge is -2.15. The van der Waals surface area contributed by atoms with Gasteiger partial charge in [-0.3, -0.25) is 4.79 Å². The maximum atomic E-state index is 11.1. The number of halogens is 1. The maximum Gasteiger partial charge on any atom is 0.184 e. The van der Waals surface area contributed by atoms with E-state index in [1.807, 2.05) is 24.3 Å². The van der Waals surface area contributed by atoms with E-state index in [0.717, 1.165) is 10.0 Å². The minimum Gasteiger partial charge on any atom is -0.371 e. The van der Waals surface area contributed by atoms with Crippen molar-refractivity contribution in [1.29, 1.82) is 0 Å². The van der Waals surface area contributed by atoms with Crippen LogP contribution in [0.2, 0.25) is 0 Å². The highest BCUT2D eigenvalue weighted by Crippen LogP contribution is 2.26. The fraction of sp³-hybridized carbons (Fsp3) is 0.364. The molecule has 0 spiro atoms. The van der Waals surface area contributed by atoms with Crippen LogP contribution in [-0.2, 0) is 14.3 Å². The molecule has 0 bridgehead atoms. The van der Waals surface area contributed by atoms with Gasteiger partial charge in [0.2, 0.25) is 0 Å². The molecule has 4 heteroatoms. The lowest BCUT2D eigenvalue weighted by atomic mass is 10.1. The molecule has 0 saturated carbocycles. The number of ether oxygens (including phenoxy) is 2. The van der Waals surface area contributed by atoms with Gasteiger partial charge in [0, 0.05) is 4.47 Å². The smallest absolute Gasteiger partial charge is 0.184 e. The first kappa shape index (κ1) is 10.8. The molecule has 2 rings (SSSR count). The Bertz CT molecular complexity index is 365. The van der Waals surface area contributed by atoms with E-state index in [1.165, 1.54) is 0 Å². The van der Waals surface area contributed by atoms with Crippen molar-refractivity contribution >= 4 is 21.7 Å². The van der Waals surface area contributed by atoms with Gasteiger partial charge in [0.1, 0.15) is 19.3 Å². The predicted molar refractivity (Wildman–Crippen MR) is 58.7 cm³/mol. The number of rotatable bonds is 1. The Morgan fingerprint density at radius 1 is 1.27 bits per heavy atom. The quantitative estimate of drug-likeness (QED) is 0.784. The molecular formula is C11H11BrO3. The van der Waals surface area contributed by atoms with E-state index in [4.69, 9.17) is 9.47 Å². The summed E-state index contributed by atoms with van der Waals surface area (Å²) >= 11 is 3.45. The van der Waals surface area contributed by atoms with Gasteiger partial charge in [-0.1, -0.05) is 34.1 Å². The highest BCUT2D eigenvalue weighted by molar-refractivity contribution is 9.10. The van der Waals surface area contributed by atoms with Crippen molar-refractivity contribution in [2.45, 2.75) is 6.10 Å². The van der Waals surface area contributed by atoms with Crippen LogP contribution >= 0.6 is 15.9 Å². The largest absolute Gasteiger partial charge is 0.371 e. The van der Waals surface area contributed by atoms with Gasteiger partial charge in [0.05, 0.1) is 6.61 Å². The predicted octanol–water partition coefficient (Wildman–Crippen LogP) is 2.11. The number of Topliss-reactive ketones (excluding diaryl/α,β-unsaturated/α-hetero) is 1. The van der Waals surface area contributed by atoms with Crippen LogP contribution in [0.3, 0.4) is 0 Å². The molecule has 0 amide bonds. The first-order valence-corrected chi connectivity index (χ1v) is 5.52. The van der Waals surface area contributed by atoms with Crippen LogP contribution in [0.4, 0.5) is 0 Å². The van der Waals surface area contributed by atoms with Crippen molar-refractivity contribution < 1.29 is 14.3 Å². The molecule has 1 fully saturated rings. The Morgan fingerprint density at radius 3 is 2.87 bits per heavy atom. The van der Waals surface area contributed by atoms with Gasteiger partial charge >= 0.3 is 0 Å². The van der Waals surface area contributed by atoms with Crippen LogP contribution in [0.5, 0.6) is 0 Å². The fourth-order valence-corrected chi connectivity index (χ4v) is 2.02. The van der Waals surface area contributed by atoms with Gasteiger partial charge < -0.3 is 9.47 Å². The molecule has 3 nitrogen and oxygen atoms in total. The molecule has 1 aromatic rings. The normalized spacial score (nSPS) is 22.5. The van der Waals surface area contributed by atoms with E-state index < -0.39 is 0 Å². The van der Waals surface area contributed by atoms with Crippen LogP contribution in [0.1, 0.15) is 11.7 Å². The molecule has 1 aliphatic rings. The zero-order valence-electron chi connectivity index (χ0n) is 8.11. The summed E-state index contributed by atoms with van der Waals surface area (Å²) in [5.41, 5.74) is 1.02. The van der Waals surface area contributed by atoms with Crippen molar-refractivity contribution in [3.05, 3.63) is 34.3 Å². The molecule has 80 valence electrons. The van der Waals surface area contributed by atoms with Crippen LogP contribution in [-0.4, -0.2) is 25.6 Å². The summed E-state index contributed by atoms with van der Waals surface area (Å²) < 4.78 is 11.7. The molecule has 0 aromatic heterocycles. The molecule has 1 aliphatic heterocycles. The average molecular weight is 271 g/mol. The highest BCUT2D eigenvalue weighted by Gasteiger charge is 2.20. The van der Waals surface area contributed by atoms with Gasteiger partial charge in [0.25, 0.3) is 0 Å². The van der Waals surface area contributed by atoms with E-state index in [-0.39, 0.29) is 25.1 Å². The second-order valence-electron chi connectivity index (χ2n) is 3.37. The Hall–Kier alpha value is -0.710. The van der Waals surface area contributed by atoms with E-state index in [2.05, 4.69) is 15.9 Å². The molecule has 1 saturated heterocycles. The fourth-order valence-electron chi connectivity index (χ4n) is 1.48. The van der Waals surface area contributed by atoms with E-state index >= 15 is 0 Å². The third-order valence-electron chi connectivity index (χ3n) is 2.23. The van der Waals surface area contributed by atoms with Gasteiger partial charge in [-0.25, -0.2) is 0 Å². The average Bonchev–Trinajstić information content (AvgIpc) is 2.44. The number of carbonyl (C=O) groups excluding carboxylic acids is 1. The Balaban J connectivity index is 2.16. The third kappa shape index (κ3) is 2.65. The first-order chi connectivity index (χ1) is 7.27. The zero-order chi connectivity index (χ0) is 10.7. The van der Waals surface area contributed by atoms with Crippen molar-refractivity contribution in [3.8, 4) is 0 Å². The van der Waals surface area contributed by atoms with Crippen molar-refractivity contribution in [2.24, 2.45) is 0 Å². The zero-order valence-corrected chi connectivity index (χ0v) is 9.70. The maximum absolute atomic E-state index is 11.1. The standard InChI is InChI=1S/C11H11BrO3/c12-10-4-2-1-3-9(10)11-7-14-5-8(13)6-15-11/h1-4,11H,5-7H2. The molecular weight excluding hydrogens is 260 g/mol. The molecule has 1 heterocycles. The third-order valence-corrected chi connectivity index (χ3v) is 2.95. The molecule has 15 heavy (non-hydrogen) atoms. The van der Waals surface area contributed by atoms with E-state index in [1.54, 1.807) is 0 Å². The van der Waals surface area contributed by atoms with Gasteiger partial charge in [-0.15, -0.1) is 0 Å². The number of benzene rings is 1. The highest BCUT2D eigenvalue weighted by atomic mass is 79.9. The molecule has 1 aromatic carbocycles. The molecule has 1 atom stereocenters. The lowest BCUT2D eigenvalue weighted by Crippen LogP contribution is -2.11. The van der Waals surface area contributed by atoms with Crippen molar-refractivity contribution in [1.82, 2.24) is 0 Å². The van der Waals surface area contributed by atoms with Gasteiger partial charge in [-0.2, -0.15) is 0 Å². The second-order valence-corrected chi connectivity index (χ2v) is 4.23. The Labute approximate surface area is 96.5 Å². The summed E-state index contributed by atoms with van der Waals surface area (Å²) in [6, 6.07) is 7.80. The summed E-state index contributed by atoms with van der Waals surface area (Å²) in [6.07, 6.45) is -0.160. The molecule has 0 N–H and O–H groups in total. The molecule has 0 radical (unpaired) electrons. The minimum atomic E-state index is -0.160. The Morgan fingerprint density at radius 2 is 2.07 bits per heavy atom. The molecule has 1 unspecified atom stereocenters. The van der Waals surface area contributed by atoms with Gasteiger partial charge in [0.15, 0.2) is 5.78 Å². The van der Waals surface area contributed by atoms with Crippen LogP contribution < -0.4 is 0 Å². The number of hydrogen-bond donors (Lipinski definition) is 0. The summed E-state index contributed by atoms with van der Waals surface area (Å²) in [5.74, 6) is -0.00967. The number of ketones is 1. The minimum absolute atomic E-state index is 0.00967. The monoisotopic (exact) mass is 270 g/mol.